The summed E-state index contributed by atoms with van der Waals surface area (Å²) >= 11 is 0. The fraction of sp³-hybridized carbons (Fsp3) is 0.591. The van der Waals surface area contributed by atoms with Crippen LogP contribution >= 0.6 is 0 Å². The number of benzene rings is 1. The molecule has 1 heterocycles. The Kier molecular flexibility index (Phi) is 7.89. The third-order valence-electron chi connectivity index (χ3n) is 5.64. The van der Waals surface area contributed by atoms with Crippen molar-refractivity contribution in [2.45, 2.75) is 57.9 Å². The highest BCUT2D eigenvalue weighted by Gasteiger charge is 2.24. The third kappa shape index (κ3) is 5.66. The number of fused-ring (bicyclic) bond motifs is 1. The summed E-state index contributed by atoms with van der Waals surface area (Å²) in [6.07, 6.45) is 2.75. The van der Waals surface area contributed by atoms with Crippen LogP contribution in [0.4, 0.5) is 0 Å². The maximum Gasteiger partial charge on any atom is 0.325 e. The third-order valence-corrected chi connectivity index (χ3v) is 7.69. The molecule has 1 N–H and O–H groups in total. The van der Waals surface area contributed by atoms with Gasteiger partial charge in [-0.1, -0.05) is 13.8 Å². The average Bonchev–Trinajstić information content (AvgIpc) is 3.54. The van der Waals surface area contributed by atoms with Gasteiger partial charge >= 0.3 is 5.97 Å². The van der Waals surface area contributed by atoms with Crippen LogP contribution in [-0.2, 0) is 37.3 Å². The van der Waals surface area contributed by atoms with E-state index in [1.54, 1.807) is 32.0 Å². The van der Waals surface area contributed by atoms with Crippen LogP contribution in [0, 0.1) is 5.92 Å². The lowest BCUT2D eigenvalue weighted by molar-refractivity contribution is -0.144. The number of ether oxygens (including phenoxy) is 1. The van der Waals surface area contributed by atoms with Crippen molar-refractivity contribution < 1.29 is 22.7 Å². The molecule has 0 unspecified atom stereocenters. The van der Waals surface area contributed by atoms with E-state index in [1.807, 2.05) is 11.5 Å². The lowest BCUT2D eigenvalue weighted by Gasteiger charge is -2.18. The molecule has 1 aromatic heterocycles. The second-order valence-electron chi connectivity index (χ2n) is 7.92. The number of carbonyl (C=O) groups is 2. The van der Waals surface area contributed by atoms with Gasteiger partial charge in [-0.3, -0.25) is 9.59 Å². The smallest absolute Gasteiger partial charge is 0.325 e. The topological polar surface area (TPSA) is 111 Å². The second-order valence-corrected chi connectivity index (χ2v) is 9.85. The van der Waals surface area contributed by atoms with Crippen LogP contribution in [0.25, 0.3) is 11.0 Å². The lowest BCUT2D eigenvalue weighted by atomic mass is 10.2. The molecule has 9 nitrogen and oxygen atoms in total. The van der Waals surface area contributed by atoms with E-state index < -0.39 is 16.0 Å². The van der Waals surface area contributed by atoms with Gasteiger partial charge in [0.25, 0.3) is 0 Å². The number of sulfonamides is 1. The van der Waals surface area contributed by atoms with E-state index >= 15 is 0 Å². The number of esters is 1. The van der Waals surface area contributed by atoms with Crippen molar-refractivity contribution in [3.05, 3.63) is 24.0 Å². The number of nitrogens with one attached hydrogen (secondary N) is 1. The van der Waals surface area contributed by atoms with E-state index in [0.717, 1.165) is 18.4 Å². The highest BCUT2D eigenvalue weighted by Crippen LogP contribution is 2.28. The van der Waals surface area contributed by atoms with Gasteiger partial charge in [-0.25, -0.2) is 13.4 Å². The van der Waals surface area contributed by atoms with Crippen LogP contribution in [0.5, 0.6) is 0 Å². The van der Waals surface area contributed by atoms with E-state index in [-0.39, 0.29) is 23.8 Å². The van der Waals surface area contributed by atoms with Gasteiger partial charge in [0, 0.05) is 32.5 Å². The van der Waals surface area contributed by atoms with Crippen molar-refractivity contribution in [1.29, 1.82) is 0 Å². The van der Waals surface area contributed by atoms with Crippen molar-refractivity contribution in [2.24, 2.45) is 5.92 Å². The minimum absolute atomic E-state index is 0.137. The van der Waals surface area contributed by atoms with Crippen molar-refractivity contribution in [3.63, 3.8) is 0 Å². The quantitative estimate of drug-likeness (QED) is 0.482. The predicted molar refractivity (Wildman–Crippen MR) is 121 cm³/mol. The number of hydrogen-bond donors (Lipinski definition) is 1. The van der Waals surface area contributed by atoms with Gasteiger partial charge in [-0.2, -0.15) is 4.31 Å². The Morgan fingerprint density at radius 3 is 2.56 bits per heavy atom. The first-order valence-electron chi connectivity index (χ1n) is 11.2. The fourth-order valence-corrected chi connectivity index (χ4v) is 5.09. The number of carbonyl (C=O) groups excluding carboxylic acids is 2. The number of rotatable bonds is 12. The molecule has 1 aliphatic rings. The zero-order valence-electron chi connectivity index (χ0n) is 19.0. The Labute approximate surface area is 189 Å². The van der Waals surface area contributed by atoms with Gasteiger partial charge in [0.05, 0.1) is 22.5 Å². The first-order chi connectivity index (χ1) is 15.3. The second kappa shape index (κ2) is 10.4. The SMILES string of the molecule is CCN(CC)S(=O)(=O)c1ccc2c(c1)nc(CCC(=O)NCC(=O)OCC1CC1)n2CC. The Morgan fingerprint density at radius 2 is 1.94 bits per heavy atom. The molecule has 1 aliphatic carbocycles. The van der Waals surface area contributed by atoms with E-state index in [4.69, 9.17) is 4.74 Å². The van der Waals surface area contributed by atoms with E-state index in [0.29, 0.717) is 49.9 Å². The molecule has 10 heteroatoms. The molecule has 0 radical (unpaired) electrons. The highest BCUT2D eigenvalue weighted by molar-refractivity contribution is 7.89. The monoisotopic (exact) mass is 464 g/mol. The normalized spacial score (nSPS) is 14.1. The van der Waals surface area contributed by atoms with Gasteiger partial charge in [-0.05, 0) is 43.9 Å². The molecule has 1 fully saturated rings. The van der Waals surface area contributed by atoms with Crippen LogP contribution in [0.3, 0.4) is 0 Å². The van der Waals surface area contributed by atoms with Crippen LogP contribution in [0.2, 0.25) is 0 Å². The van der Waals surface area contributed by atoms with E-state index in [1.165, 1.54) is 4.31 Å². The minimum Gasteiger partial charge on any atom is -0.464 e. The summed E-state index contributed by atoms with van der Waals surface area (Å²) in [6.45, 7) is 7.32. The summed E-state index contributed by atoms with van der Waals surface area (Å²) < 4.78 is 34.1. The number of hydrogen-bond acceptors (Lipinski definition) is 6. The molecule has 176 valence electrons. The summed E-state index contributed by atoms with van der Waals surface area (Å²) in [5, 5.41) is 2.59. The van der Waals surface area contributed by atoms with Crippen LogP contribution in [0.1, 0.15) is 45.9 Å². The summed E-state index contributed by atoms with van der Waals surface area (Å²) in [7, 11) is -3.57. The maximum atomic E-state index is 12.8. The van der Waals surface area contributed by atoms with E-state index in [2.05, 4.69) is 10.3 Å². The van der Waals surface area contributed by atoms with Gasteiger partial charge in [0.1, 0.15) is 12.4 Å². The first kappa shape index (κ1) is 24.2. The lowest BCUT2D eigenvalue weighted by Crippen LogP contribution is -2.31. The van der Waals surface area contributed by atoms with Crippen molar-refractivity contribution in [1.82, 2.24) is 19.2 Å². The van der Waals surface area contributed by atoms with Crippen LogP contribution in [-0.4, -0.2) is 60.4 Å². The average molecular weight is 465 g/mol. The summed E-state index contributed by atoms with van der Waals surface area (Å²) in [6, 6.07) is 4.96. The molecule has 3 rings (SSSR count). The molecule has 1 amide bonds. The number of amides is 1. The van der Waals surface area contributed by atoms with Gasteiger partial charge in [0.2, 0.25) is 15.9 Å². The summed E-state index contributed by atoms with van der Waals surface area (Å²) in [5.74, 6) is 0.506. The number of aryl methyl sites for hydroxylation is 2. The Hall–Kier alpha value is -2.46. The van der Waals surface area contributed by atoms with Crippen LogP contribution < -0.4 is 5.32 Å². The summed E-state index contributed by atoms with van der Waals surface area (Å²) in [5.41, 5.74) is 1.41. The zero-order valence-corrected chi connectivity index (χ0v) is 19.8. The van der Waals surface area contributed by atoms with Gasteiger partial charge in [0.15, 0.2) is 0 Å². The molecular weight excluding hydrogens is 432 g/mol. The summed E-state index contributed by atoms with van der Waals surface area (Å²) in [4.78, 5) is 28.7. The molecule has 0 aliphatic heterocycles. The van der Waals surface area contributed by atoms with Crippen molar-refractivity contribution >= 4 is 32.9 Å². The molecule has 0 spiro atoms. The van der Waals surface area contributed by atoms with Crippen molar-refractivity contribution in [2.75, 3.05) is 26.2 Å². The highest BCUT2D eigenvalue weighted by atomic mass is 32.2. The molecule has 1 saturated carbocycles. The van der Waals surface area contributed by atoms with Crippen molar-refractivity contribution in [3.8, 4) is 0 Å². The molecule has 0 saturated heterocycles. The van der Waals surface area contributed by atoms with E-state index in [9.17, 15) is 18.0 Å². The molecule has 1 aromatic carbocycles. The number of imidazole rings is 1. The Bertz CT molecular complexity index is 1070. The zero-order chi connectivity index (χ0) is 23.3. The molecule has 0 bridgehead atoms. The molecule has 32 heavy (non-hydrogen) atoms. The molecule has 2 aromatic rings. The largest absolute Gasteiger partial charge is 0.464 e. The predicted octanol–water partition coefficient (Wildman–Crippen LogP) is 2.09. The molecule has 0 atom stereocenters. The minimum atomic E-state index is -3.57. The fourth-order valence-electron chi connectivity index (χ4n) is 3.61. The first-order valence-corrected chi connectivity index (χ1v) is 12.7. The van der Waals surface area contributed by atoms with Crippen LogP contribution in [0.15, 0.2) is 23.1 Å². The Morgan fingerprint density at radius 1 is 1.22 bits per heavy atom. The molecular formula is C22H32N4O5S. The number of aromatic nitrogens is 2. The maximum absolute atomic E-state index is 12.8. The Balaban J connectivity index is 1.66. The number of nitrogens with zero attached hydrogens (tertiary/aromatic N) is 3. The van der Waals surface area contributed by atoms with Gasteiger partial charge in [-0.15, -0.1) is 0 Å². The van der Waals surface area contributed by atoms with Gasteiger partial charge < -0.3 is 14.6 Å². The standard InChI is InChI=1S/C22H32N4O5S/c1-4-25(5-2)32(29,30)17-9-10-19-18(13-17)24-20(26(19)6-3)11-12-21(27)23-14-22(28)31-15-16-7-8-16/h9-10,13,16H,4-8,11-12,14-15H2,1-3H3,(H,23,27).